The molecular weight excluding hydrogens is 216 g/mol. The summed E-state index contributed by atoms with van der Waals surface area (Å²) in [5, 5.41) is 2.81. The second kappa shape index (κ2) is 6.13. The number of nitrogens with one attached hydrogen (secondary N) is 1. The Morgan fingerprint density at radius 3 is 2.76 bits per heavy atom. The highest BCUT2D eigenvalue weighted by Crippen LogP contribution is 2.24. The van der Waals surface area contributed by atoms with Gasteiger partial charge in [0.25, 0.3) is 0 Å². The summed E-state index contributed by atoms with van der Waals surface area (Å²) in [5.41, 5.74) is 6.97. The predicted molar refractivity (Wildman–Crippen MR) is 70.1 cm³/mol. The molecule has 0 fully saturated rings. The number of nitrogen functional groups attached to an aromatic ring is 1. The number of benzene rings is 1. The second-order valence-electron chi connectivity index (χ2n) is 4.22. The molecule has 0 aliphatic rings. The van der Waals surface area contributed by atoms with E-state index in [0.29, 0.717) is 29.5 Å². The van der Waals surface area contributed by atoms with Gasteiger partial charge >= 0.3 is 0 Å². The Morgan fingerprint density at radius 2 is 2.24 bits per heavy atom. The van der Waals surface area contributed by atoms with E-state index < -0.39 is 0 Å². The van der Waals surface area contributed by atoms with Crippen LogP contribution in [0.25, 0.3) is 0 Å². The lowest BCUT2D eigenvalue weighted by atomic mass is 10.0. The molecule has 1 amide bonds. The first-order valence-corrected chi connectivity index (χ1v) is 5.80. The van der Waals surface area contributed by atoms with Gasteiger partial charge in [-0.3, -0.25) is 4.79 Å². The van der Waals surface area contributed by atoms with Crippen molar-refractivity contribution in [3.63, 3.8) is 0 Å². The minimum absolute atomic E-state index is 0.00350. The van der Waals surface area contributed by atoms with Crippen LogP contribution in [0.15, 0.2) is 18.2 Å². The van der Waals surface area contributed by atoms with Crippen LogP contribution in [0.2, 0.25) is 0 Å². The maximum atomic E-state index is 11.7. The van der Waals surface area contributed by atoms with Gasteiger partial charge in [-0.1, -0.05) is 20.3 Å². The molecule has 0 bridgehead atoms. The summed E-state index contributed by atoms with van der Waals surface area (Å²) in [5.74, 6) is 1.06. The van der Waals surface area contributed by atoms with Crippen LogP contribution < -0.4 is 15.8 Å². The molecule has 17 heavy (non-hydrogen) atoms. The van der Waals surface area contributed by atoms with E-state index in [1.807, 2.05) is 0 Å². The average Bonchev–Trinajstić information content (AvgIpc) is 2.31. The van der Waals surface area contributed by atoms with Crippen LogP contribution in [0.3, 0.4) is 0 Å². The maximum absolute atomic E-state index is 11.7. The molecule has 0 saturated carbocycles. The Kier molecular flexibility index (Phi) is 4.82. The molecule has 1 aromatic rings. The van der Waals surface area contributed by atoms with Crippen LogP contribution in [0.5, 0.6) is 5.75 Å². The molecule has 1 aromatic carbocycles. The van der Waals surface area contributed by atoms with Gasteiger partial charge in [-0.05, 0) is 18.1 Å². The molecule has 1 rings (SSSR count). The van der Waals surface area contributed by atoms with Gasteiger partial charge < -0.3 is 15.8 Å². The molecule has 3 N–H and O–H groups in total. The summed E-state index contributed by atoms with van der Waals surface area (Å²) in [6.45, 7) is 4.12. The van der Waals surface area contributed by atoms with Crippen LogP contribution in [-0.4, -0.2) is 13.0 Å². The molecule has 0 aromatic heterocycles. The number of hydrogen-bond acceptors (Lipinski definition) is 3. The average molecular weight is 236 g/mol. The molecule has 0 aliphatic heterocycles. The van der Waals surface area contributed by atoms with Gasteiger partial charge in [0, 0.05) is 12.5 Å². The molecule has 4 heteroatoms. The Hall–Kier alpha value is -1.71. The number of ether oxygens (including phenoxy) is 1. The highest BCUT2D eigenvalue weighted by atomic mass is 16.5. The number of methoxy groups -OCH3 is 1. The Balaban J connectivity index is 2.65. The molecule has 0 saturated heterocycles. The zero-order valence-electron chi connectivity index (χ0n) is 10.6. The second-order valence-corrected chi connectivity index (χ2v) is 4.22. The predicted octanol–water partition coefficient (Wildman–Crippen LogP) is 2.65. The van der Waals surface area contributed by atoms with Crippen LogP contribution in [0.4, 0.5) is 11.4 Å². The molecule has 1 unspecified atom stereocenters. The largest absolute Gasteiger partial charge is 0.497 e. The molecular formula is C13H20N2O2. The number of anilines is 2. The van der Waals surface area contributed by atoms with Crippen LogP contribution in [0, 0.1) is 5.92 Å². The lowest BCUT2D eigenvalue weighted by Gasteiger charge is -2.11. The van der Waals surface area contributed by atoms with Crippen molar-refractivity contribution < 1.29 is 9.53 Å². The first kappa shape index (κ1) is 13.4. The minimum atomic E-state index is -0.00350. The van der Waals surface area contributed by atoms with Crippen LogP contribution in [0.1, 0.15) is 26.7 Å². The Morgan fingerprint density at radius 1 is 1.53 bits per heavy atom. The fraction of sp³-hybridized carbons (Fsp3) is 0.462. The van der Waals surface area contributed by atoms with E-state index in [1.165, 1.54) is 0 Å². The van der Waals surface area contributed by atoms with E-state index in [4.69, 9.17) is 10.5 Å². The number of amides is 1. The molecule has 1 atom stereocenters. The third kappa shape index (κ3) is 3.98. The van der Waals surface area contributed by atoms with E-state index in [1.54, 1.807) is 25.3 Å². The maximum Gasteiger partial charge on any atom is 0.224 e. The van der Waals surface area contributed by atoms with Gasteiger partial charge in [0.2, 0.25) is 5.91 Å². The van der Waals surface area contributed by atoms with Crippen molar-refractivity contribution in [2.75, 3.05) is 18.2 Å². The fourth-order valence-corrected chi connectivity index (χ4v) is 1.44. The van der Waals surface area contributed by atoms with Crippen molar-refractivity contribution >= 4 is 17.3 Å². The van der Waals surface area contributed by atoms with Gasteiger partial charge in [0.1, 0.15) is 5.75 Å². The topological polar surface area (TPSA) is 64.3 Å². The molecule has 0 radical (unpaired) electrons. The van der Waals surface area contributed by atoms with Gasteiger partial charge in [-0.2, -0.15) is 0 Å². The van der Waals surface area contributed by atoms with E-state index >= 15 is 0 Å². The number of rotatable bonds is 5. The third-order valence-corrected chi connectivity index (χ3v) is 2.76. The van der Waals surface area contributed by atoms with Gasteiger partial charge in [-0.15, -0.1) is 0 Å². The molecule has 0 heterocycles. The lowest BCUT2D eigenvalue weighted by molar-refractivity contribution is -0.117. The Bertz CT molecular complexity index is 391. The van der Waals surface area contributed by atoms with Crippen molar-refractivity contribution in [3.8, 4) is 5.75 Å². The van der Waals surface area contributed by atoms with E-state index in [0.717, 1.165) is 6.42 Å². The van der Waals surface area contributed by atoms with Gasteiger partial charge in [-0.25, -0.2) is 0 Å². The molecule has 4 nitrogen and oxygen atoms in total. The number of hydrogen-bond donors (Lipinski definition) is 2. The van der Waals surface area contributed by atoms with Crippen LogP contribution >= 0.6 is 0 Å². The highest BCUT2D eigenvalue weighted by Gasteiger charge is 2.09. The monoisotopic (exact) mass is 236 g/mol. The highest BCUT2D eigenvalue weighted by molar-refractivity contribution is 5.94. The summed E-state index contributed by atoms with van der Waals surface area (Å²) in [7, 11) is 1.58. The molecule has 94 valence electrons. The summed E-state index contributed by atoms with van der Waals surface area (Å²) in [6, 6.07) is 5.22. The fourth-order valence-electron chi connectivity index (χ4n) is 1.44. The SMILES string of the molecule is CCC(C)CC(=O)Nc1ccc(OC)cc1N. The summed E-state index contributed by atoms with van der Waals surface area (Å²) < 4.78 is 5.04. The van der Waals surface area contributed by atoms with Gasteiger partial charge in [0.15, 0.2) is 0 Å². The first-order chi connectivity index (χ1) is 8.06. The van der Waals surface area contributed by atoms with Crippen molar-refractivity contribution in [2.24, 2.45) is 5.92 Å². The summed E-state index contributed by atoms with van der Waals surface area (Å²) in [6.07, 6.45) is 1.51. The van der Waals surface area contributed by atoms with E-state index in [9.17, 15) is 4.79 Å². The van der Waals surface area contributed by atoms with Crippen molar-refractivity contribution in [3.05, 3.63) is 18.2 Å². The van der Waals surface area contributed by atoms with Crippen LogP contribution in [-0.2, 0) is 4.79 Å². The third-order valence-electron chi connectivity index (χ3n) is 2.76. The van der Waals surface area contributed by atoms with Crippen molar-refractivity contribution in [1.82, 2.24) is 0 Å². The lowest BCUT2D eigenvalue weighted by Crippen LogP contribution is -2.15. The number of nitrogens with two attached hydrogens (primary N) is 1. The molecule has 0 spiro atoms. The van der Waals surface area contributed by atoms with E-state index in [2.05, 4.69) is 19.2 Å². The van der Waals surface area contributed by atoms with Crippen molar-refractivity contribution in [1.29, 1.82) is 0 Å². The quantitative estimate of drug-likeness (QED) is 0.772. The Labute approximate surface area is 102 Å². The zero-order chi connectivity index (χ0) is 12.8. The first-order valence-electron chi connectivity index (χ1n) is 5.80. The summed E-state index contributed by atoms with van der Waals surface area (Å²) >= 11 is 0. The smallest absolute Gasteiger partial charge is 0.224 e. The zero-order valence-corrected chi connectivity index (χ0v) is 10.6. The van der Waals surface area contributed by atoms with E-state index in [-0.39, 0.29) is 5.91 Å². The van der Waals surface area contributed by atoms with Crippen molar-refractivity contribution in [2.45, 2.75) is 26.7 Å². The summed E-state index contributed by atoms with van der Waals surface area (Å²) in [4.78, 5) is 11.7. The number of carbonyl (C=O) groups excluding carboxylic acids is 1. The standard InChI is InChI=1S/C13H20N2O2/c1-4-9(2)7-13(16)15-12-6-5-10(17-3)8-11(12)14/h5-6,8-9H,4,7,14H2,1-3H3,(H,15,16). The molecule has 0 aliphatic carbocycles. The minimum Gasteiger partial charge on any atom is -0.497 e. The van der Waals surface area contributed by atoms with Gasteiger partial charge in [0.05, 0.1) is 18.5 Å². The number of carbonyl (C=O) groups is 1. The normalized spacial score (nSPS) is 11.9.